The van der Waals surface area contributed by atoms with Crippen molar-refractivity contribution in [2.75, 3.05) is 7.11 Å². The highest BCUT2D eigenvalue weighted by atomic mass is 16.6. The lowest BCUT2D eigenvalue weighted by Gasteiger charge is -2.08. The third kappa shape index (κ3) is 3.80. The summed E-state index contributed by atoms with van der Waals surface area (Å²) in [6, 6.07) is 12.0. The van der Waals surface area contributed by atoms with Crippen LogP contribution in [-0.4, -0.2) is 22.2 Å². The molecule has 26 heavy (non-hydrogen) atoms. The highest BCUT2D eigenvalue weighted by molar-refractivity contribution is 5.54. The van der Waals surface area contributed by atoms with Gasteiger partial charge in [0.05, 0.1) is 18.1 Å². The second-order valence-electron chi connectivity index (χ2n) is 5.44. The molecule has 0 aliphatic heterocycles. The molecule has 3 aromatic rings. The van der Waals surface area contributed by atoms with Gasteiger partial charge in [-0.15, -0.1) is 0 Å². The van der Waals surface area contributed by atoms with Crippen molar-refractivity contribution in [2.24, 2.45) is 0 Å². The van der Waals surface area contributed by atoms with Crippen molar-refractivity contribution in [3.63, 3.8) is 0 Å². The Kier molecular flexibility index (Phi) is 5.12. The summed E-state index contributed by atoms with van der Waals surface area (Å²) in [5.74, 6) is 1.38. The molecule has 0 atom stereocenters. The maximum Gasteiger partial charge on any atom is 0.273 e. The fraction of sp³-hybridized carbons (Fsp3) is 0.222. The number of nitro benzene ring substituents is 1. The molecule has 134 valence electrons. The Morgan fingerprint density at radius 3 is 2.58 bits per heavy atom. The van der Waals surface area contributed by atoms with Crippen LogP contribution >= 0.6 is 0 Å². The Balaban J connectivity index is 1.70. The molecule has 8 nitrogen and oxygen atoms in total. The number of aryl methyl sites for hydroxylation is 1. The average Bonchev–Trinajstić information content (AvgIpc) is 3.15. The largest absolute Gasteiger partial charge is 0.493 e. The van der Waals surface area contributed by atoms with Crippen LogP contribution in [0.3, 0.4) is 0 Å². The Morgan fingerprint density at radius 1 is 1.15 bits per heavy atom. The second kappa shape index (κ2) is 7.64. The van der Waals surface area contributed by atoms with Crippen molar-refractivity contribution in [1.82, 2.24) is 10.1 Å². The lowest BCUT2D eigenvalue weighted by Crippen LogP contribution is -1.99. The van der Waals surface area contributed by atoms with E-state index in [1.165, 1.54) is 30.9 Å². The van der Waals surface area contributed by atoms with Crippen LogP contribution in [-0.2, 0) is 13.0 Å². The molecule has 0 bridgehead atoms. The van der Waals surface area contributed by atoms with Gasteiger partial charge in [-0.05, 0) is 18.1 Å². The number of aromatic nitrogens is 2. The Morgan fingerprint density at radius 2 is 1.92 bits per heavy atom. The normalized spacial score (nSPS) is 10.5. The van der Waals surface area contributed by atoms with Crippen LogP contribution in [0.25, 0.3) is 11.4 Å². The van der Waals surface area contributed by atoms with E-state index in [1.807, 2.05) is 24.3 Å². The zero-order valence-corrected chi connectivity index (χ0v) is 14.3. The van der Waals surface area contributed by atoms with Crippen LogP contribution < -0.4 is 9.47 Å². The quantitative estimate of drug-likeness (QED) is 0.469. The Labute approximate surface area is 149 Å². The highest BCUT2D eigenvalue weighted by Gasteiger charge is 2.14. The predicted octanol–water partition coefficient (Wildman–Crippen LogP) is 3.79. The predicted molar refractivity (Wildman–Crippen MR) is 93.1 cm³/mol. The Hall–Kier alpha value is -3.42. The molecule has 1 heterocycles. The third-order valence-electron chi connectivity index (χ3n) is 3.80. The van der Waals surface area contributed by atoms with Gasteiger partial charge in [0.15, 0.2) is 18.1 Å². The zero-order valence-electron chi connectivity index (χ0n) is 14.3. The van der Waals surface area contributed by atoms with E-state index in [2.05, 4.69) is 17.1 Å². The van der Waals surface area contributed by atoms with Crippen LogP contribution in [0.1, 0.15) is 18.4 Å². The smallest absolute Gasteiger partial charge is 0.273 e. The van der Waals surface area contributed by atoms with Crippen molar-refractivity contribution < 1.29 is 18.9 Å². The van der Waals surface area contributed by atoms with Gasteiger partial charge in [-0.2, -0.15) is 4.98 Å². The van der Waals surface area contributed by atoms with Crippen molar-refractivity contribution in [2.45, 2.75) is 20.0 Å². The number of non-ortho nitro benzene ring substituents is 1. The van der Waals surface area contributed by atoms with Crippen LogP contribution in [0.5, 0.6) is 11.5 Å². The van der Waals surface area contributed by atoms with Gasteiger partial charge in [-0.25, -0.2) is 0 Å². The molecule has 3 rings (SSSR count). The van der Waals surface area contributed by atoms with Crippen molar-refractivity contribution in [3.05, 3.63) is 64.0 Å². The van der Waals surface area contributed by atoms with Crippen LogP contribution in [0, 0.1) is 10.1 Å². The topological polar surface area (TPSA) is 101 Å². The van der Waals surface area contributed by atoms with Gasteiger partial charge in [0, 0.05) is 11.6 Å². The highest BCUT2D eigenvalue weighted by Crippen LogP contribution is 2.31. The molecule has 0 unspecified atom stereocenters. The Bertz CT molecular complexity index is 905. The van der Waals surface area contributed by atoms with E-state index >= 15 is 0 Å². The molecule has 0 saturated heterocycles. The number of nitro groups is 1. The van der Waals surface area contributed by atoms with E-state index in [9.17, 15) is 10.1 Å². The standard InChI is InChI=1S/C18H17N3O5/c1-3-12-4-6-13(7-5-12)18-19-17(26-20-18)11-25-15-9-8-14(21(22)23)10-16(15)24-2/h4-10H,3,11H2,1-2H3. The molecule has 0 radical (unpaired) electrons. The number of rotatable bonds is 7. The fourth-order valence-electron chi connectivity index (χ4n) is 2.35. The van der Waals surface area contributed by atoms with Gasteiger partial charge in [0.25, 0.3) is 11.6 Å². The molecular weight excluding hydrogens is 338 g/mol. The van der Waals surface area contributed by atoms with E-state index in [0.29, 0.717) is 17.5 Å². The maximum atomic E-state index is 10.8. The minimum absolute atomic E-state index is 0.0220. The summed E-state index contributed by atoms with van der Waals surface area (Å²) in [4.78, 5) is 14.6. The first-order chi connectivity index (χ1) is 12.6. The minimum atomic E-state index is -0.500. The van der Waals surface area contributed by atoms with Gasteiger partial charge >= 0.3 is 0 Å². The number of nitrogens with zero attached hydrogens (tertiary/aromatic N) is 3. The van der Waals surface area contributed by atoms with Gasteiger partial charge < -0.3 is 14.0 Å². The van der Waals surface area contributed by atoms with Gasteiger partial charge in [-0.3, -0.25) is 10.1 Å². The van der Waals surface area contributed by atoms with Crippen molar-refractivity contribution in [3.8, 4) is 22.9 Å². The van der Waals surface area contributed by atoms with Crippen molar-refractivity contribution in [1.29, 1.82) is 0 Å². The summed E-state index contributed by atoms with van der Waals surface area (Å²) in [6.45, 7) is 2.11. The summed E-state index contributed by atoms with van der Waals surface area (Å²) < 4.78 is 15.9. The van der Waals surface area contributed by atoms with Gasteiger partial charge in [-0.1, -0.05) is 36.3 Å². The SMILES string of the molecule is CCc1ccc(-c2noc(COc3ccc([N+](=O)[O-])cc3OC)n2)cc1. The first-order valence-corrected chi connectivity index (χ1v) is 7.98. The second-order valence-corrected chi connectivity index (χ2v) is 5.44. The van der Waals surface area contributed by atoms with Crippen molar-refractivity contribution >= 4 is 5.69 Å². The molecule has 0 aliphatic rings. The monoisotopic (exact) mass is 355 g/mol. The number of hydrogen-bond acceptors (Lipinski definition) is 7. The molecular formula is C18H17N3O5. The first-order valence-electron chi connectivity index (χ1n) is 7.98. The summed E-state index contributed by atoms with van der Waals surface area (Å²) in [5.41, 5.74) is 2.00. The van der Waals surface area contributed by atoms with E-state index in [1.54, 1.807) is 0 Å². The molecule has 0 aliphatic carbocycles. The van der Waals surface area contributed by atoms with Crippen LogP contribution in [0.4, 0.5) is 5.69 Å². The molecule has 0 N–H and O–H groups in total. The number of methoxy groups -OCH3 is 1. The summed E-state index contributed by atoms with van der Waals surface area (Å²) in [5, 5.41) is 14.8. The fourth-order valence-corrected chi connectivity index (χ4v) is 2.35. The van der Waals surface area contributed by atoms with E-state index in [-0.39, 0.29) is 18.0 Å². The molecule has 0 saturated carbocycles. The summed E-state index contributed by atoms with van der Waals surface area (Å²) in [6.07, 6.45) is 0.961. The lowest BCUT2D eigenvalue weighted by molar-refractivity contribution is -0.385. The summed E-state index contributed by atoms with van der Waals surface area (Å²) >= 11 is 0. The molecule has 0 spiro atoms. The molecule has 2 aromatic carbocycles. The van der Waals surface area contributed by atoms with E-state index in [0.717, 1.165) is 12.0 Å². The van der Waals surface area contributed by atoms with Gasteiger partial charge in [0.1, 0.15) is 0 Å². The molecule has 1 aromatic heterocycles. The van der Waals surface area contributed by atoms with Crippen LogP contribution in [0.15, 0.2) is 47.0 Å². The summed E-state index contributed by atoms with van der Waals surface area (Å²) in [7, 11) is 1.41. The third-order valence-corrected chi connectivity index (χ3v) is 3.80. The molecule has 0 fully saturated rings. The zero-order chi connectivity index (χ0) is 18.5. The maximum absolute atomic E-state index is 10.8. The lowest BCUT2D eigenvalue weighted by atomic mass is 10.1. The van der Waals surface area contributed by atoms with E-state index < -0.39 is 4.92 Å². The van der Waals surface area contributed by atoms with Gasteiger partial charge in [0.2, 0.25) is 5.82 Å². The van der Waals surface area contributed by atoms with E-state index in [4.69, 9.17) is 14.0 Å². The molecule has 8 heteroatoms. The molecule has 0 amide bonds. The minimum Gasteiger partial charge on any atom is -0.493 e. The number of benzene rings is 2. The number of hydrogen-bond donors (Lipinski definition) is 0. The van der Waals surface area contributed by atoms with Crippen LogP contribution in [0.2, 0.25) is 0 Å². The average molecular weight is 355 g/mol. The number of ether oxygens (including phenoxy) is 2. The first kappa shape index (κ1) is 17.4.